The summed E-state index contributed by atoms with van der Waals surface area (Å²) in [5, 5.41) is 8.72. The van der Waals surface area contributed by atoms with E-state index in [-0.39, 0.29) is 5.88 Å². The Bertz CT molecular complexity index is 241. The number of nitrogens with one attached hydrogen (secondary N) is 1. The second-order valence-electron chi connectivity index (χ2n) is 1.79. The van der Waals surface area contributed by atoms with Crippen LogP contribution in [0, 0.1) is 13.0 Å². The van der Waals surface area contributed by atoms with Crippen molar-refractivity contribution in [3.63, 3.8) is 0 Å². The summed E-state index contributed by atoms with van der Waals surface area (Å²) in [7, 11) is 0. The third-order valence-electron chi connectivity index (χ3n) is 0.906. The fourth-order valence-corrected chi connectivity index (χ4v) is 0.604. The lowest BCUT2D eigenvalue weighted by atomic mass is 10.3. The van der Waals surface area contributed by atoms with Gasteiger partial charge >= 0.3 is 0 Å². The first-order valence-electron chi connectivity index (χ1n) is 2.51. The number of H-pyrrole nitrogens is 1. The zero-order chi connectivity index (χ0) is 6.85. The van der Waals surface area contributed by atoms with Gasteiger partial charge in [0, 0.05) is 6.07 Å². The molecule has 0 unspecified atom stereocenters. The summed E-state index contributed by atoms with van der Waals surface area (Å²) in [5.41, 5.74) is 0.240. The zero-order valence-electron chi connectivity index (χ0n) is 4.93. The molecule has 3 heteroatoms. The van der Waals surface area contributed by atoms with Crippen LogP contribution >= 0.6 is 0 Å². The van der Waals surface area contributed by atoms with E-state index < -0.39 is 5.56 Å². The first-order valence-corrected chi connectivity index (χ1v) is 2.51. The molecule has 3 nitrogen and oxygen atoms in total. The minimum atomic E-state index is -0.396. The van der Waals surface area contributed by atoms with E-state index >= 15 is 0 Å². The first kappa shape index (κ1) is 5.88. The topological polar surface area (TPSA) is 53.1 Å². The Morgan fingerprint density at radius 2 is 2.44 bits per heavy atom. The molecule has 1 aromatic rings. The van der Waals surface area contributed by atoms with Gasteiger partial charge in [-0.05, 0) is 12.5 Å². The highest BCUT2D eigenvalue weighted by atomic mass is 16.3. The largest absolute Gasteiger partial charge is 0.495 e. The molecule has 9 heavy (non-hydrogen) atoms. The Morgan fingerprint density at radius 3 is 2.89 bits per heavy atom. The van der Waals surface area contributed by atoms with Crippen LogP contribution in [0.2, 0.25) is 0 Å². The van der Waals surface area contributed by atoms with Crippen LogP contribution in [0.3, 0.4) is 0 Å². The van der Waals surface area contributed by atoms with Crippen molar-refractivity contribution in [1.82, 2.24) is 4.98 Å². The monoisotopic (exact) mass is 124 g/mol. The molecular formula is C6H6NO2. The molecule has 0 bridgehead atoms. The van der Waals surface area contributed by atoms with Gasteiger partial charge in [0.25, 0.3) is 5.56 Å². The van der Waals surface area contributed by atoms with Crippen molar-refractivity contribution >= 4 is 0 Å². The molecule has 0 aliphatic heterocycles. The summed E-state index contributed by atoms with van der Waals surface area (Å²) in [6.45, 7) is 1.69. The van der Waals surface area contributed by atoms with Gasteiger partial charge in [0.15, 0.2) is 5.88 Å². The van der Waals surface area contributed by atoms with Gasteiger partial charge in [-0.3, -0.25) is 9.78 Å². The Hall–Kier alpha value is -1.25. The molecule has 2 N–H and O–H groups in total. The Morgan fingerprint density at radius 1 is 1.78 bits per heavy atom. The number of aryl methyl sites for hydroxylation is 1. The van der Waals surface area contributed by atoms with E-state index in [0.29, 0.717) is 5.56 Å². The van der Waals surface area contributed by atoms with E-state index in [1.165, 1.54) is 6.07 Å². The highest BCUT2D eigenvalue weighted by molar-refractivity contribution is 5.15. The maximum atomic E-state index is 10.4. The minimum absolute atomic E-state index is 0.115. The van der Waals surface area contributed by atoms with Gasteiger partial charge < -0.3 is 5.11 Å². The third-order valence-corrected chi connectivity index (χ3v) is 0.906. The molecule has 1 heterocycles. The van der Waals surface area contributed by atoms with Gasteiger partial charge in [-0.1, -0.05) is 0 Å². The maximum absolute atomic E-state index is 10.4. The highest BCUT2D eigenvalue weighted by Gasteiger charge is 1.90. The van der Waals surface area contributed by atoms with Crippen molar-refractivity contribution < 1.29 is 5.11 Å². The van der Waals surface area contributed by atoms with Crippen molar-refractivity contribution in [1.29, 1.82) is 0 Å². The van der Waals surface area contributed by atoms with E-state index in [0.717, 1.165) is 0 Å². The third kappa shape index (κ3) is 1.32. The molecule has 1 rings (SSSR count). The van der Waals surface area contributed by atoms with Crippen molar-refractivity contribution in [2.24, 2.45) is 0 Å². The number of rotatable bonds is 0. The van der Waals surface area contributed by atoms with Crippen molar-refractivity contribution in [2.45, 2.75) is 6.92 Å². The van der Waals surface area contributed by atoms with Crippen LogP contribution < -0.4 is 5.56 Å². The van der Waals surface area contributed by atoms with Crippen molar-refractivity contribution in [3.05, 3.63) is 28.0 Å². The van der Waals surface area contributed by atoms with Gasteiger partial charge in [0.05, 0.1) is 6.07 Å². The summed E-state index contributed by atoms with van der Waals surface area (Å²) in [6, 6.07) is 3.87. The summed E-state index contributed by atoms with van der Waals surface area (Å²) in [5.74, 6) is -0.115. The van der Waals surface area contributed by atoms with Crippen LogP contribution in [0.15, 0.2) is 10.9 Å². The number of hydrogen-bond donors (Lipinski definition) is 2. The molecule has 47 valence electrons. The van der Waals surface area contributed by atoms with Gasteiger partial charge in [0.2, 0.25) is 0 Å². The molecule has 0 fully saturated rings. The van der Waals surface area contributed by atoms with Crippen LogP contribution in [0.4, 0.5) is 0 Å². The summed E-state index contributed by atoms with van der Waals surface area (Å²) >= 11 is 0. The molecule has 0 aromatic carbocycles. The molecule has 0 spiro atoms. The molecule has 0 aliphatic rings. The molecule has 1 radical (unpaired) electrons. The molecular weight excluding hydrogens is 118 g/mol. The van der Waals surface area contributed by atoms with Gasteiger partial charge in [-0.25, -0.2) is 0 Å². The fraction of sp³-hybridized carbons (Fsp3) is 0.167. The molecule has 0 saturated heterocycles. The predicted molar refractivity (Wildman–Crippen MR) is 32.3 cm³/mol. The lowest BCUT2D eigenvalue weighted by Crippen LogP contribution is -2.03. The number of aromatic nitrogens is 1. The first-order chi connectivity index (χ1) is 4.18. The average Bonchev–Trinajstić information content (AvgIpc) is 1.59. The quantitative estimate of drug-likeness (QED) is 0.518. The van der Waals surface area contributed by atoms with Gasteiger partial charge in [0.1, 0.15) is 0 Å². The molecule has 1 aromatic heterocycles. The van der Waals surface area contributed by atoms with Gasteiger partial charge in [-0.15, -0.1) is 0 Å². The van der Waals surface area contributed by atoms with E-state index in [2.05, 4.69) is 11.1 Å². The smallest absolute Gasteiger partial charge is 0.259 e. The van der Waals surface area contributed by atoms with Crippen LogP contribution in [0.25, 0.3) is 0 Å². The Kier molecular flexibility index (Phi) is 1.26. The van der Waals surface area contributed by atoms with E-state index in [1.54, 1.807) is 6.92 Å². The number of aromatic amines is 1. The van der Waals surface area contributed by atoms with Crippen molar-refractivity contribution in [2.75, 3.05) is 0 Å². The Labute approximate surface area is 52.0 Å². The standard InChI is InChI=1S/C6H6NO2/c1-4-2-5(8)7-6(9)3-4/h2H,1H3,(H2,7,8,9). The van der Waals surface area contributed by atoms with Crippen LogP contribution in [-0.4, -0.2) is 10.1 Å². The molecule has 0 aliphatic carbocycles. The minimum Gasteiger partial charge on any atom is -0.495 e. The molecule has 0 amide bonds. The number of pyridine rings is 1. The second kappa shape index (κ2) is 1.93. The molecule has 0 atom stereocenters. The second-order valence-corrected chi connectivity index (χ2v) is 1.79. The van der Waals surface area contributed by atoms with E-state index in [9.17, 15) is 4.79 Å². The number of aromatic hydroxyl groups is 1. The average molecular weight is 124 g/mol. The molecule has 0 saturated carbocycles. The summed E-state index contributed by atoms with van der Waals surface area (Å²) in [6.07, 6.45) is 0. The van der Waals surface area contributed by atoms with Gasteiger partial charge in [-0.2, -0.15) is 0 Å². The lowest BCUT2D eigenvalue weighted by Gasteiger charge is -1.89. The maximum Gasteiger partial charge on any atom is 0.259 e. The highest BCUT2D eigenvalue weighted by Crippen LogP contribution is 2.00. The predicted octanol–water partition coefficient (Wildman–Crippen LogP) is 0.189. The zero-order valence-corrected chi connectivity index (χ0v) is 4.93. The van der Waals surface area contributed by atoms with E-state index in [4.69, 9.17) is 5.11 Å². The lowest BCUT2D eigenvalue weighted by molar-refractivity contribution is 0.451. The fourth-order valence-electron chi connectivity index (χ4n) is 0.604. The van der Waals surface area contributed by atoms with Crippen LogP contribution in [-0.2, 0) is 0 Å². The summed E-state index contributed by atoms with van der Waals surface area (Å²) in [4.78, 5) is 12.6. The summed E-state index contributed by atoms with van der Waals surface area (Å²) < 4.78 is 0. The number of hydrogen-bond acceptors (Lipinski definition) is 2. The Balaban J connectivity index is 3.33. The SMILES string of the molecule is Cc1[c]c(=O)[nH]c(O)c1. The van der Waals surface area contributed by atoms with Crippen molar-refractivity contribution in [3.8, 4) is 5.88 Å². The van der Waals surface area contributed by atoms with Crippen LogP contribution in [0.5, 0.6) is 5.88 Å². The normalized spacial score (nSPS) is 9.44. The van der Waals surface area contributed by atoms with E-state index in [1.807, 2.05) is 0 Å². The van der Waals surface area contributed by atoms with Crippen LogP contribution in [0.1, 0.15) is 5.56 Å².